The fourth-order valence-electron chi connectivity index (χ4n) is 2.40. The minimum Gasteiger partial charge on any atom is -0.415 e. The van der Waals surface area contributed by atoms with Gasteiger partial charge in [0.05, 0.1) is 36.3 Å². The second kappa shape index (κ2) is 8.35. The largest absolute Gasteiger partial charge is 0.415 e. The first-order valence-corrected chi connectivity index (χ1v) is 12.4. The van der Waals surface area contributed by atoms with Crippen LogP contribution in [-0.4, -0.2) is 41.9 Å². The van der Waals surface area contributed by atoms with Crippen LogP contribution in [0.15, 0.2) is 30.6 Å². The van der Waals surface area contributed by atoms with Gasteiger partial charge in [-0.05, 0) is 43.6 Å². The summed E-state index contributed by atoms with van der Waals surface area (Å²) in [6, 6.07) is 5.66. The quantitative estimate of drug-likeness (QED) is 0.725. The molecule has 27 heavy (non-hydrogen) atoms. The number of hydrogen-bond acceptors (Lipinski definition) is 4. The van der Waals surface area contributed by atoms with Crippen molar-refractivity contribution >= 4 is 14.2 Å². The molecule has 0 aliphatic heterocycles. The summed E-state index contributed by atoms with van der Waals surface area (Å²) >= 11 is 0. The van der Waals surface area contributed by atoms with E-state index in [2.05, 4.69) is 56.3 Å². The summed E-state index contributed by atoms with van der Waals surface area (Å²) in [7, 11) is -1.85. The SMILES string of the molecule is CC[C@@H](CO[Si](C)(C)C(C)(C)C)NC(=O)c1cc(C)ccc1-n1nccn1. The molecule has 1 atom stereocenters. The van der Waals surface area contributed by atoms with Crippen molar-refractivity contribution in [1.82, 2.24) is 20.3 Å². The van der Waals surface area contributed by atoms with Crippen molar-refractivity contribution in [3.8, 4) is 5.69 Å². The Labute approximate surface area is 163 Å². The highest BCUT2D eigenvalue weighted by atomic mass is 28.4. The maximum Gasteiger partial charge on any atom is 0.253 e. The summed E-state index contributed by atoms with van der Waals surface area (Å²) in [5.41, 5.74) is 2.25. The van der Waals surface area contributed by atoms with E-state index in [4.69, 9.17) is 4.43 Å². The third kappa shape index (κ3) is 5.26. The number of carbonyl (C=O) groups is 1. The summed E-state index contributed by atoms with van der Waals surface area (Å²) in [5.74, 6) is -0.128. The summed E-state index contributed by atoms with van der Waals surface area (Å²) in [4.78, 5) is 14.5. The van der Waals surface area contributed by atoms with E-state index in [0.29, 0.717) is 17.9 Å². The molecule has 148 valence electrons. The van der Waals surface area contributed by atoms with E-state index in [9.17, 15) is 4.79 Å². The Balaban J connectivity index is 2.15. The standard InChI is InChI=1S/C20H32N4O2Si/c1-8-16(14-26-27(6,7)20(3,4)5)23-19(25)17-13-15(2)9-10-18(17)24-21-11-12-22-24/h9-13,16H,8,14H2,1-7H3,(H,23,25)/t16-/m0/s1. The molecule has 0 aliphatic carbocycles. The molecular formula is C20H32N4O2Si. The minimum absolute atomic E-state index is 0.0365. The van der Waals surface area contributed by atoms with Crippen molar-refractivity contribution in [3.63, 3.8) is 0 Å². The number of rotatable bonds is 7. The molecule has 0 spiro atoms. The number of benzene rings is 1. The monoisotopic (exact) mass is 388 g/mol. The highest BCUT2D eigenvalue weighted by Crippen LogP contribution is 2.36. The van der Waals surface area contributed by atoms with E-state index in [1.165, 1.54) is 4.80 Å². The van der Waals surface area contributed by atoms with Gasteiger partial charge in [0.15, 0.2) is 8.32 Å². The lowest BCUT2D eigenvalue weighted by molar-refractivity contribution is 0.0916. The molecular weight excluding hydrogens is 356 g/mol. The van der Waals surface area contributed by atoms with Crippen molar-refractivity contribution in [1.29, 1.82) is 0 Å². The zero-order valence-corrected chi connectivity index (χ0v) is 18.5. The maximum absolute atomic E-state index is 13.0. The molecule has 7 heteroatoms. The fraction of sp³-hybridized carbons (Fsp3) is 0.550. The molecule has 0 saturated heterocycles. The molecule has 1 aromatic carbocycles. The lowest BCUT2D eigenvalue weighted by Crippen LogP contribution is -2.46. The first-order chi connectivity index (χ1) is 12.5. The van der Waals surface area contributed by atoms with Gasteiger partial charge in [0.25, 0.3) is 5.91 Å². The predicted octanol–water partition coefficient (Wildman–Crippen LogP) is 4.11. The van der Waals surface area contributed by atoms with Crippen LogP contribution in [0.3, 0.4) is 0 Å². The Kier molecular flexibility index (Phi) is 6.59. The highest BCUT2D eigenvalue weighted by molar-refractivity contribution is 6.74. The zero-order chi connectivity index (χ0) is 20.2. The van der Waals surface area contributed by atoms with Gasteiger partial charge in [-0.15, -0.1) is 0 Å². The van der Waals surface area contributed by atoms with Crippen LogP contribution in [0.4, 0.5) is 0 Å². The molecule has 0 unspecified atom stereocenters. The molecule has 2 rings (SSSR count). The first kappa shape index (κ1) is 21.3. The average Bonchev–Trinajstić information content (AvgIpc) is 3.11. The van der Waals surface area contributed by atoms with Crippen LogP contribution in [0.1, 0.15) is 50.0 Å². The van der Waals surface area contributed by atoms with Gasteiger partial charge in [0, 0.05) is 0 Å². The summed E-state index contributed by atoms with van der Waals surface area (Å²) < 4.78 is 6.30. The van der Waals surface area contributed by atoms with Crippen LogP contribution in [0, 0.1) is 6.92 Å². The normalized spacial score (nSPS) is 13.4. The Morgan fingerprint density at radius 3 is 2.44 bits per heavy atom. The Hall–Kier alpha value is -1.99. The molecule has 0 bridgehead atoms. The van der Waals surface area contributed by atoms with E-state index < -0.39 is 8.32 Å². The van der Waals surface area contributed by atoms with Crippen molar-refractivity contribution in [2.75, 3.05) is 6.61 Å². The van der Waals surface area contributed by atoms with E-state index in [-0.39, 0.29) is 17.0 Å². The van der Waals surface area contributed by atoms with Crippen LogP contribution >= 0.6 is 0 Å². The van der Waals surface area contributed by atoms with Gasteiger partial charge >= 0.3 is 0 Å². The molecule has 0 saturated carbocycles. The van der Waals surface area contributed by atoms with Crippen molar-refractivity contribution in [2.24, 2.45) is 0 Å². The smallest absolute Gasteiger partial charge is 0.253 e. The van der Waals surface area contributed by atoms with Gasteiger partial charge in [-0.2, -0.15) is 15.0 Å². The van der Waals surface area contributed by atoms with Gasteiger partial charge in [-0.3, -0.25) is 4.79 Å². The third-order valence-electron chi connectivity index (χ3n) is 5.31. The molecule has 6 nitrogen and oxygen atoms in total. The van der Waals surface area contributed by atoms with Crippen LogP contribution in [0.2, 0.25) is 18.1 Å². The van der Waals surface area contributed by atoms with E-state index >= 15 is 0 Å². The van der Waals surface area contributed by atoms with E-state index in [1.54, 1.807) is 12.4 Å². The van der Waals surface area contributed by atoms with Crippen LogP contribution in [-0.2, 0) is 4.43 Å². The molecule has 0 radical (unpaired) electrons. The van der Waals surface area contributed by atoms with Crippen LogP contribution in [0.5, 0.6) is 0 Å². The second-order valence-corrected chi connectivity index (χ2v) is 13.3. The Morgan fingerprint density at radius 2 is 1.89 bits per heavy atom. The molecule has 0 aliphatic rings. The topological polar surface area (TPSA) is 69.0 Å². The second-order valence-electron chi connectivity index (χ2n) is 8.49. The number of aromatic nitrogens is 3. The van der Waals surface area contributed by atoms with E-state index in [0.717, 1.165) is 12.0 Å². The van der Waals surface area contributed by atoms with Crippen molar-refractivity contribution in [3.05, 3.63) is 41.7 Å². The average molecular weight is 389 g/mol. The maximum atomic E-state index is 13.0. The fourth-order valence-corrected chi connectivity index (χ4v) is 3.45. The number of amides is 1. The molecule has 0 fully saturated rings. The van der Waals surface area contributed by atoms with Gasteiger partial charge in [-0.25, -0.2) is 0 Å². The molecule has 2 aromatic rings. The van der Waals surface area contributed by atoms with Crippen LogP contribution in [0.25, 0.3) is 5.69 Å². The van der Waals surface area contributed by atoms with Gasteiger partial charge < -0.3 is 9.74 Å². The third-order valence-corrected chi connectivity index (χ3v) is 9.81. The number of hydrogen-bond donors (Lipinski definition) is 1. The Bertz CT molecular complexity index is 767. The number of aryl methyl sites for hydroxylation is 1. The Morgan fingerprint density at radius 1 is 1.26 bits per heavy atom. The number of nitrogens with one attached hydrogen (secondary N) is 1. The highest BCUT2D eigenvalue weighted by Gasteiger charge is 2.37. The molecule has 1 aromatic heterocycles. The van der Waals surface area contributed by atoms with Crippen LogP contribution < -0.4 is 5.32 Å². The summed E-state index contributed by atoms with van der Waals surface area (Å²) in [5, 5.41) is 11.6. The molecule has 1 N–H and O–H groups in total. The minimum atomic E-state index is -1.85. The zero-order valence-electron chi connectivity index (χ0n) is 17.5. The van der Waals surface area contributed by atoms with Gasteiger partial charge in [0.1, 0.15) is 0 Å². The van der Waals surface area contributed by atoms with Gasteiger partial charge in [0.2, 0.25) is 0 Å². The summed E-state index contributed by atoms with van der Waals surface area (Å²) in [6.45, 7) is 15.7. The van der Waals surface area contributed by atoms with Gasteiger partial charge in [-0.1, -0.05) is 39.3 Å². The molecule has 1 heterocycles. The predicted molar refractivity (Wildman–Crippen MR) is 111 cm³/mol. The van der Waals surface area contributed by atoms with Crippen molar-refractivity contribution < 1.29 is 9.22 Å². The summed E-state index contributed by atoms with van der Waals surface area (Å²) in [6.07, 6.45) is 4.01. The first-order valence-electron chi connectivity index (χ1n) is 9.47. The number of nitrogens with zero attached hydrogens (tertiary/aromatic N) is 3. The lowest BCUT2D eigenvalue weighted by atomic mass is 10.1. The molecule has 1 amide bonds. The van der Waals surface area contributed by atoms with E-state index in [1.807, 2.05) is 25.1 Å². The lowest BCUT2D eigenvalue weighted by Gasteiger charge is -2.37. The van der Waals surface area contributed by atoms with Crippen molar-refractivity contribution in [2.45, 2.75) is 65.2 Å². The number of carbonyl (C=O) groups excluding carboxylic acids is 1.